The van der Waals surface area contributed by atoms with Gasteiger partial charge in [-0.2, -0.15) is 8.42 Å². The first kappa shape index (κ1) is 46.7. The lowest BCUT2D eigenvalue weighted by Gasteiger charge is -2.38. The van der Waals surface area contributed by atoms with Gasteiger partial charge in [-0.05, 0) is 55.4 Å². The third-order valence-electron chi connectivity index (χ3n) is 8.25. The van der Waals surface area contributed by atoms with Gasteiger partial charge in [0, 0.05) is 25.9 Å². The van der Waals surface area contributed by atoms with Crippen LogP contribution in [0.3, 0.4) is 0 Å². The Kier molecular flexibility index (Phi) is 19.4. The van der Waals surface area contributed by atoms with Gasteiger partial charge < -0.3 is 55.7 Å². The van der Waals surface area contributed by atoms with E-state index in [9.17, 15) is 62.2 Å². The number of carboxylic acids is 2. The molecule has 1 aromatic rings. The lowest BCUT2D eigenvalue weighted by Crippen LogP contribution is -2.61. The number of amides is 3. The molecule has 0 radical (unpaired) electrons. The number of esters is 1. The number of carbonyl (C=O) groups excluding carboxylic acids is 4. The van der Waals surface area contributed by atoms with Crippen molar-refractivity contribution in [3.05, 3.63) is 29.3 Å². The van der Waals surface area contributed by atoms with Crippen molar-refractivity contribution in [2.24, 2.45) is 5.92 Å². The fraction of sp³-hybridized carbons (Fsp3) is 0.647. The molecule has 1 aliphatic rings. The van der Waals surface area contributed by atoms with E-state index in [1.165, 1.54) is 12.1 Å². The van der Waals surface area contributed by atoms with Gasteiger partial charge in [-0.3, -0.25) is 28.5 Å². The number of benzene rings is 1. The van der Waals surface area contributed by atoms with Crippen LogP contribution in [-0.2, 0) is 61.4 Å². The van der Waals surface area contributed by atoms with Crippen LogP contribution in [0.1, 0.15) is 76.3 Å². The Morgan fingerprint density at radius 3 is 2.13 bits per heavy atom. The maximum atomic E-state index is 12.8. The van der Waals surface area contributed by atoms with Gasteiger partial charge in [-0.25, -0.2) is 4.79 Å². The minimum absolute atomic E-state index is 0.0294. The second kappa shape index (κ2) is 22.8. The summed E-state index contributed by atoms with van der Waals surface area (Å²) in [5.41, 5.74) is 1.17. The van der Waals surface area contributed by atoms with Crippen LogP contribution in [0.15, 0.2) is 18.2 Å². The predicted octanol–water partition coefficient (Wildman–Crippen LogP) is -0.990. The van der Waals surface area contributed by atoms with Crippen molar-refractivity contribution in [1.82, 2.24) is 16.0 Å². The van der Waals surface area contributed by atoms with Crippen molar-refractivity contribution in [3.63, 3.8) is 0 Å². The lowest BCUT2D eigenvalue weighted by atomic mass is 9.99. The largest absolute Gasteiger partial charge is 0.481 e. The molecule has 55 heavy (non-hydrogen) atoms. The predicted molar refractivity (Wildman–Crippen MR) is 189 cm³/mol. The normalized spacial score (nSPS) is 20.2. The van der Waals surface area contributed by atoms with Gasteiger partial charge in [0.1, 0.15) is 42.5 Å². The molecule has 1 heterocycles. The SMILES string of the molecule is CC(C)C(=O)OCc1ccc(O[C@@H]2O[C@H](C(=O)O)[C@@H](O)[C@H](O)[C@H]2O)cc1CCCCNC(=O)[C@H](CS(=O)(=O)O)NC(=O)CCCCCNC(=O)CCC(=O)O. The molecule has 0 aromatic heterocycles. The van der Waals surface area contributed by atoms with E-state index < -0.39 is 94.2 Å². The number of aliphatic hydroxyl groups excluding tert-OH is 3. The van der Waals surface area contributed by atoms with Crippen molar-refractivity contribution >= 4 is 45.7 Å². The molecule has 20 nitrogen and oxygen atoms in total. The molecule has 0 saturated carbocycles. The number of aliphatic hydroxyl groups is 3. The minimum atomic E-state index is -4.67. The number of rotatable bonds is 24. The summed E-state index contributed by atoms with van der Waals surface area (Å²) < 4.78 is 48.7. The molecule has 1 saturated heterocycles. The van der Waals surface area contributed by atoms with E-state index in [1.807, 2.05) is 0 Å². The molecule has 0 bridgehead atoms. The van der Waals surface area contributed by atoms with Crippen molar-refractivity contribution in [2.75, 3.05) is 18.8 Å². The molecular weight excluding hydrogens is 754 g/mol. The summed E-state index contributed by atoms with van der Waals surface area (Å²) in [7, 11) is -4.67. The Morgan fingerprint density at radius 1 is 0.818 bits per heavy atom. The van der Waals surface area contributed by atoms with Gasteiger partial charge in [-0.15, -0.1) is 0 Å². The molecule has 9 N–H and O–H groups in total. The van der Waals surface area contributed by atoms with E-state index >= 15 is 0 Å². The average molecular weight is 806 g/mol. The topological polar surface area (TPSA) is 322 Å². The van der Waals surface area contributed by atoms with Gasteiger partial charge >= 0.3 is 17.9 Å². The van der Waals surface area contributed by atoms with E-state index in [0.29, 0.717) is 49.7 Å². The number of aryl methyl sites for hydroxylation is 1. The molecule has 310 valence electrons. The van der Waals surface area contributed by atoms with E-state index in [1.54, 1.807) is 19.9 Å². The van der Waals surface area contributed by atoms with E-state index in [0.717, 1.165) is 0 Å². The zero-order valence-corrected chi connectivity index (χ0v) is 31.4. The van der Waals surface area contributed by atoms with E-state index in [-0.39, 0.29) is 44.7 Å². The van der Waals surface area contributed by atoms with Gasteiger partial charge in [0.05, 0.1) is 12.3 Å². The monoisotopic (exact) mass is 805 g/mol. The van der Waals surface area contributed by atoms with Crippen molar-refractivity contribution in [3.8, 4) is 5.75 Å². The lowest BCUT2D eigenvalue weighted by molar-refractivity contribution is -0.271. The zero-order chi connectivity index (χ0) is 41.3. The van der Waals surface area contributed by atoms with Crippen LogP contribution in [0, 0.1) is 5.92 Å². The number of hydrogen-bond donors (Lipinski definition) is 9. The highest BCUT2D eigenvalue weighted by atomic mass is 32.2. The van der Waals surface area contributed by atoms with Crippen LogP contribution >= 0.6 is 0 Å². The quantitative estimate of drug-likeness (QED) is 0.0344. The highest BCUT2D eigenvalue weighted by molar-refractivity contribution is 7.85. The van der Waals surface area contributed by atoms with Crippen molar-refractivity contribution < 1.29 is 81.5 Å². The van der Waals surface area contributed by atoms with Crippen LogP contribution in [0.5, 0.6) is 5.75 Å². The molecule has 0 spiro atoms. The molecule has 1 aliphatic heterocycles. The third kappa shape index (κ3) is 17.3. The number of carboxylic acid groups (broad SMARTS) is 2. The Hall–Kier alpha value is -4.41. The molecule has 6 atom stereocenters. The molecule has 0 aliphatic carbocycles. The summed E-state index contributed by atoms with van der Waals surface area (Å²) in [6.45, 7) is 3.51. The number of aliphatic carboxylic acids is 2. The average Bonchev–Trinajstić information content (AvgIpc) is 3.10. The summed E-state index contributed by atoms with van der Waals surface area (Å²) in [6.07, 6.45) is -7.30. The Morgan fingerprint density at radius 2 is 1.49 bits per heavy atom. The van der Waals surface area contributed by atoms with Crippen LogP contribution in [-0.4, -0.2) is 130 Å². The molecule has 21 heteroatoms. The maximum Gasteiger partial charge on any atom is 0.335 e. The van der Waals surface area contributed by atoms with Gasteiger partial charge in [0.25, 0.3) is 10.1 Å². The first-order valence-electron chi connectivity index (χ1n) is 17.7. The van der Waals surface area contributed by atoms with Gasteiger partial charge in [0.15, 0.2) is 6.10 Å². The highest BCUT2D eigenvalue weighted by Crippen LogP contribution is 2.27. The van der Waals surface area contributed by atoms with Gasteiger partial charge in [-0.1, -0.05) is 26.3 Å². The van der Waals surface area contributed by atoms with Crippen molar-refractivity contribution in [2.45, 2.75) is 115 Å². The summed E-state index contributed by atoms with van der Waals surface area (Å²) in [6, 6.07) is 2.95. The Balaban J connectivity index is 1.96. The molecule has 0 unspecified atom stereocenters. The standard InChI is InChI=1S/C34H51N3O17S/c1-19(2)33(48)52-17-21-10-11-22(53-34-29(44)27(42)28(43)30(54-34)32(46)47)16-20(21)8-5-7-15-36-31(45)23(18-55(49,50)51)37-25(39)9-4-3-6-14-35-24(38)12-13-26(40)41/h10-11,16,19,23,27-30,34,42-44H,3-9,12-15,17-18H2,1-2H3,(H,35,38)(H,36,45)(H,37,39)(H,40,41)(H,46,47)(H,49,50,51)/t23-,27-,28-,29+,30-,34+/m0/s1. The van der Waals surface area contributed by atoms with Crippen LogP contribution in [0.25, 0.3) is 0 Å². The summed E-state index contributed by atoms with van der Waals surface area (Å²) in [5.74, 6) is -6.43. The second-order valence-corrected chi connectivity index (χ2v) is 14.7. The number of hydrogen-bond acceptors (Lipinski definition) is 14. The number of nitrogens with one attached hydrogen (secondary N) is 3. The Labute approximate surface area is 317 Å². The first-order chi connectivity index (χ1) is 25.8. The molecule has 1 aromatic carbocycles. The van der Waals surface area contributed by atoms with E-state index in [4.69, 9.17) is 19.3 Å². The van der Waals surface area contributed by atoms with Crippen LogP contribution in [0.2, 0.25) is 0 Å². The fourth-order valence-electron chi connectivity index (χ4n) is 5.21. The highest BCUT2D eigenvalue weighted by Gasteiger charge is 2.48. The number of ether oxygens (including phenoxy) is 3. The molecule has 1 fully saturated rings. The van der Waals surface area contributed by atoms with Gasteiger partial charge in [0.2, 0.25) is 24.0 Å². The maximum absolute atomic E-state index is 12.8. The molecule has 2 rings (SSSR count). The summed E-state index contributed by atoms with van der Waals surface area (Å²) in [4.78, 5) is 71.0. The zero-order valence-electron chi connectivity index (χ0n) is 30.5. The van der Waals surface area contributed by atoms with Crippen LogP contribution in [0.4, 0.5) is 0 Å². The smallest absolute Gasteiger partial charge is 0.335 e. The van der Waals surface area contributed by atoms with Crippen molar-refractivity contribution in [1.29, 1.82) is 0 Å². The second-order valence-electron chi connectivity index (χ2n) is 13.2. The fourth-order valence-corrected chi connectivity index (χ4v) is 5.86. The molecule has 3 amide bonds. The van der Waals surface area contributed by atoms with E-state index in [2.05, 4.69) is 16.0 Å². The Bertz CT molecular complexity index is 1590. The number of carbonyl (C=O) groups is 6. The molecular formula is C34H51N3O17S. The number of unbranched alkanes of at least 4 members (excludes halogenated alkanes) is 3. The minimum Gasteiger partial charge on any atom is -0.481 e. The first-order valence-corrected chi connectivity index (χ1v) is 19.3. The summed E-state index contributed by atoms with van der Waals surface area (Å²) >= 11 is 0. The van der Waals surface area contributed by atoms with Crippen LogP contribution < -0.4 is 20.7 Å². The summed E-state index contributed by atoms with van der Waals surface area (Å²) in [5, 5.41) is 55.8. The third-order valence-corrected chi connectivity index (χ3v) is 9.01.